The summed E-state index contributed by atoms with van der Waals surface area (Å²) in [7, 11) is 0. The summed E-state index contributed by atoms with van der Waals surface area (Å²) >= 11 is 0. The maximum Gasteiger partial charge on any atom is 0.248 e. The zero-order chi connectivity index (χ0) is 17.4. The number of aliphatic hydroxyl groups excluding tert-OH is 1. The fraction of sp³-hybridized carbons (Fsp3) is 0.333. The van der Waals surface area contributed by atoms with E-state index in [1.807, 2.05) is 20.8 Å². The van der Waals surface area contributed by atoms with Crippen LogP contribution < -0.4 is 15.0 Å². The van der Waals surface area contributed by atoms with Crippen molar-refractivity contribution in [2.45, 2.75) is 33.0 Å². The van der Waals surface area contributed by atoms with E-state index in [0.717, 1.165) is 16.7 Å². The Kier molecular flexibility index (Phi) is 4.04. The number of ether oxygens (including phenoxy) is 2. The van der Waals surface area contributed by atoms with Gasteiger partial charge in [-0.2, -0.15) is 5.26 Å². The molecule has 1 aromatic carbocycles. The lowest BCUT2D eigenvalue weighted by Crippen LogP contribution is -2.35. The van der Waals surface area contributed by atoms with E-state index >= 15 is 0 Å². The zero-order valence-electron chi connectivity index (χ0n) is 13.7. The smallest absolute Gasteiger partial charge is 0.248 e. The summed E-state index contributed by atoms with van der Waals surface area (Å²) in [5.74, 6) is 1.09. The Bertz CT molecular complexity index is 871. The van der Waals surface area contributed by atoms with Crippen molar-refractivity contribution in [2.24, 2.45) is 0 Å². The molecular weight excluding hydrogens is 308 g/mol. The molecule has 2 N–H and O–H groups in total. The van der Waals surface area contributed by atoms with Gasteiger partial charge in [-0.3, -0.25) is 4.79 Å². The van der Waals surface area contributed by atoms with Crippen molar-refractivity contribution in [1.82, 2.24) is 4.98 Å². The highest BCUT2D eigenvalue weighted by molar-refractivity contribution is 5.60. The molecule has 3 rings (SSSR count). The monoisotopic (exact) mass is 326 g/mol. The lowest BCUT2D eigenvalue weighted by atomic mass is 9.87. The standard InChI is InChI=1S/C18H18N2O4/c1-9-10(2)17-16(11(3)13(9)6-19)18(14(21)8-23-17)24-12-4-5-15(22)20-7-12/h4-5,7,14,18,21H,8H2,1-3H3,(H,20,22). The quantitative estimate of drug-likeness (QED) is 0.880. The van der Waals surface area contributed by atoms with Crippen LogP contribution in [0.2, 0.25) is 0 Å². The molecule has 1 aliphatic rings. The van der Waals surface area contributed by atoms with Gasteiger partial charge in [0.1, 0.15) is 24.2 Å². The molecule has 0 aliphatic carbocycles. The summed E-state index contributed by atoms with van der Waals surface area (Å²) in [6.07, 6.45) is -0.103. The summed E-state index contributed by atoms with van der Waals surface area (Å²) in [6, 6.07) is 5.12. The van der Waals surface area contributed by atoms with Crippen LogP contribution in [0.5, 0.6) is 11.5 Å². The molecule has 2 atom stereocenters. The molecule has 24 heavy (non-hydrogen) atoms. The van der Waals surface area contributed by atoms with Gasteiger partial charge in [0.25, 0.3) is 0 Å². The summed E-state index contributed by atoms with van der Waals surface area (Å²) in [5, 5.41) is 19.8. The third-order valence-corrected chi connectivity index (χ3v) is 4.46. The van der Waals surface area contributed by atoms with Gasteiger partial charge < -0.3 is 19.6 Å². The molecule has 0 amide bonds. The second kappa shape index (κ2) is 6.02. The van der Waals surface area contributed by atoms with Gasteiger partial charge in [-0.25, -0.2) is 0 Å². The molecule has 1 aromatic heterocycles. The average molecular weight is 326 g/mol. The van der Waals surface area contributed by atoms with Crippen molar-refractivity contribution in [3.8, 4) is 17.6 Å². The topological polar surface area (TPSA) is 95.3 Å². The molecule has 2 aromatic rings. The van der Waals surface area contributed by atoms with Crippen molar-refractivity contribution in [3.63, 3.8) is 0 Å². The molecule has 0 bridgehead atoms. The number of rotatable bonds is 2. The predicted molar refractivity (Wildman–Crippen MR) is 87.3 cm³/mol. The number of nitrogens with one attached hydrogen (secondary N) is 1. The van der Waals surface area contributed by atoms with E-state index in [9.17, 15) is 15.2 Å². The van der Waals surface area contributed by atoms with Crippen LogP contribution in [0.15, 0.2) is 23.1 Å². The molecule has 2 heterocycles. The maximum absolute atomic E-state index is 11.2. The number of pyridine rings is 1. The Morgan fingerprint density at radius 2 is 2.04 bits per heavy atom. The molecule has 0 spiro atoms. The largest absolute Gasteiger partial charge is 0.490 e. The molecule has 0 radical (unpaired) electrons. The SMILES string of the molecule is Cc1c(C)c2c(c(C)c1C#N)C(Oc1ccc(=O)[nH]c1)C(O)CO2. The summed E-state index contributed by atoms with van der Waals surface area (Å²) < 4.78 is 11.6. The number of nitrogens with zero attached hydrogens (tertiary/aromatic N) is 1. The minimum atomic E-state index is -0.878. The van der Waals surface area contributed by atoms with Crippen molar-refractivity contribution in [2.75, 3.05) is 6.61 Å². The van der Waals surface area contributed by atoms with Crippen LogP contribution in [-0.4, -0.2) is 22.8 Å². The fourth-order valence-electron chi connectivity index (χ4n) is 3.04. The molecule has 0 fully saturated rings. The summed E-state index contributed by atoms with van der Waals surface area (Å²) in [4.78, 5) is 13.7. The van der Waals surface area contributed by atoms with Gasteiger partial charge in [-0.15, -0.1) is 0 Å². The van der Waals surface area contributed by atoms with Crippen molar-refractivity contribution < 1.29 is 14.6 Å². The van der Waals surface area contributed by atoms with Crippen molar-refractivity contribution in [1.29, 1.82) is 5.26 Å². The van der Waals surface area contributed by atoms with Crippen LogP contribution in [0.3, 0.4) is 0 Å². The van der Waals surface area contributed by atoms with Gasteiger partial charge in [-0.05, 0) is 43.5 Å². The Hall–Kier alpha value is -2.78. The maximum atomic E-state index is 11.2. The molecule has 6 heteroatoms. The highest BCUT2D eigenvalue weighted by atomic mass is 16.5. The molecule has 6 nitrogen and oxygen atoms in total. The third kappa shape index (κ3) is 2.53. The van der Waals surface area contributed by atoms with Gasteiger partial charge in [0.2, 0.25) is 5.56 Å². The lowest BCUT2D eigenvalue weighted by molar-refractivity contribution is -0.0129. The Morgan fingerprint density at radius 1 is 1.29 bits per heavy atom. The minimum absolute atomic E-state index is 0.104. The third-order valence-electron chi connectivity index (χ3n) is 4.46. The Morgan fingerprint density at radius 3 is 2.67 bits per heavy atom. The van der Waals surface area contributed by atoms with Crippen molar-refractivity contribution >= 4 is 0 Å². The van der Waals surface area contributed by atoms with Gasteiger partial charge in [0.15, 0.2) is 6.10 Å². The molecule has 2 unspecified atom stereocenters. The number of aliphatic hydroxyl groups is 1. The highest BCUT2D eigenvalue weighted by Gasteiger charge is 2.35. The Labute approximate surface area is 139 Å². The molecule has 0 saturated heterocycles. The van der Waals surface area contributed by atoms with Crippen LogP contribution in [0.25, 0.3) is 0 Å². The molecule has 1 aliphatic heterocycles. The number of hydrogen-bond donors (Lipinski definition) is 2. The van der Waals surface area contributed by atoms with E-state index in [1.54, 1.807) is 6.07 Å². The summed E-state index contributed by atoms with van der Waals surface area (Å²) in [5.41, 5.74) is 3.49. The van der Waals surface area contributed by atoms with Crippen molar-refractivity contribution in [3.05, 3.63) is 56.5 Å². The van der Waals surface area contributed by atoms with Crippen LogP contribution in [0.1, 0.15) is 33.9 Å². The first kappa shape index (κ1) is 16.1. The Balaban J connectivity index is 2.13. The first-order valence-corrected chi connectivity index (χ1v) is 7.64. The lowest BCUT2D eigenvalue weighted by Gasteiger charge is -2.34. The van der Waals surface area contributed by atoms with Crippen LogP contribution in [0.4, 0.5) is 0 Å². The van der Waals surface area contributed by atoms with E-state index in [0.29, 0.717) is 22.6 Å². The highest BCUT2D eigenvalue weighted by Crippen LogP contribution is 2.42. The number of aromatic nitrogens is 1. The second-order valence-corrected chi connectivity index (χ2v) is 5.91. The average Bonchev–Trinajstić information content (AvgIpc) is 2.57. The van der Waals surface area contributed by atoms with Gasteiger partial charge >= 0.3 is 0 Å². The molecule has 124 valence electrons. The number of benzene rings is 1. The number of aromatic amines is 1. The summed E-state index contributed by atoms with van der Waals surface area (Å²) in [6.45, 7) is 5.71. The number of nitriles is 1. The van der Waals surface area contributed by atoms with Crippen LogP contribution in [0, 0.1) is 32.1 Å². The van der Waals surface area contributed by atoms with Gasteiger partial charge in [-0.1, -0.05) is 0 Å². The van der Waals surface area contributed by atoms with E-state index in [2.05, 4.69) is 11.1 Å². The predicted octanol–water partition coefficient (Wildman–Crippen LogP) is 2.05. The van der Waals surface area contributed by atoms with Crippen LogP contribution >= 0.6 is 0 Å². The van der Waals surface area contributed by atoms with E-state index in [-0.39, 0.29) is 12.2 Å². The molecule has 0 saturated carbocycles. The number of H-pyrrole nitrogens is 1. The van der Waals surface area contributed by atoms with Gasteiger partial charge in [0, 0.05) is 17.8 Å². The zero-order valence-corrected chi connectivity index (χ0v) is 13.7. The van der Waals surface area contributed by atoms with E-state index in [1.165, 1.54) is 12.3 Å². The first-order chi connectivity index (χ1) is 11.4. The minimum Gasteiger partial charge on any atom is -0.490 e. The van der Waals surface area contributed by atoms with E-state index in [4.69, 9.17) is 9.47 Å². The first-order valence-electron chi connectivity index (χ1n) is 7.64. The molecular formula is C18H18N2O4. The normalized spacial score (nSPS) is 19.1. The second-order valence-electron chi connectivity index (χ2n) is 5.91. The van der Waals surface area contributed by atoms with Crippen LogP contribution in [-0.2, 0) is 0 Å². The van der Waals surface area contributed by atoms with E-state index < -0.39 is 12.2 Å². The number of fused-ring (bicyclic) bond motifs is 1. The fourth-order valence-corrected chi connectivity index (χ4v) is 3.04. The van der Waals surface area contributed by atoms with Gasteiger partial charge in [0.05, 0.1) is 11.6 Å². The number of hydrogen-bond acceptors (Lipinski definition) is 5.